The summed E-state index contributed by atoms with van der Waals surface area (Å²) in [5.74, 6) is 1.74. The average Bonchev–Trinajstić information content (AvgIpc) is 2.53. The maximum Gasteiger partial charge on any atom is 0.319 e. The van der Waals surface area contributed by atoms with Gasteiger partial charge in [-0.1, -0.05) is 6.07 Å². The SMILES string of the molecule is CCOc1ccc(NC(=O)NC2CN(c3ccccn3)C2)cc1. The van der Waals surface area contributed by atoms with Crippen LogP contribution in [0.25, 0.3) is 0 Å². The molecule has 3 rings (SSSR count). The van der Waals surface area contributed by atoms with Gasteiger partial charge in [-0.05, 0) is 43.3 Å². The second kappa shape index (κ2) is 7.00. The molecule has 2 aromatic rings. The van der Waals surface area contributed by atoms with Crippen LogP contribution < -0.4 is 20.3 Å². The summed E-state index contributed by atoms with van der Waals surface area (Å²) in [7, 11) is 0. The van der Waals surface area contributed by atoms with E-state index in [9.17, 15) is 4.79 Å². The Hall–Kier alpha value is -2.76. The number of hydrogen-bond donors (Lipinski definition) is 2. The minimum absolute atomic E-state index is 0.139. The van der Waals surface area contributed by atoms with Crippen LogP contribution in [-0.4, -0.2) is 36.8 Å². The molecule has 0 spiro atoms. The maximum atomic E-state index is 12.0. The molecule has 2 N–H and O–H groups in total. The van der Waals surface area contributed by atoms with Gasteiger partial charge in [-0.15, -0.1) is 0 Å². The van der Waals surface area contributed by atoms with Gasteiger partial charge < -0.3 is 20.3 Å². The first-order valence-corrected chi connectivity index (χ1v) is 7.71. The Balaban J connectivity index is 1.44. The summed E-state index contributed by atoms with van der Waals surface area (Å²) in [5.41, 5.74) is 0.742. The van der Waals surface area contributed by atoms with Crippen LogP contribution in [0.3, 0.4) is 0 Å². The first-order chi connectivity index (χ1) is 11.2. The van der Waals surface area contributed by atoms with Crippen molar-refractivity contribution in [3.63, 3.8) is 0 Å². The number of rotatable bonds is 5. The predicted octanol–water partition coefficient (Wildman–Crippen LogP) is 2.49. The van der Waals surface area contributed by atoms with E-state index in [-0.39, 0.29) is 12.1 Å². The molecule has 6 nitrogen and oxygen atoms in total. The monoisotopic (exact) mass is 312 g/mol. The molecule has 120 valence electrons. The van der Waals surface area contributed by atoms with E-state index < -0.39 is 0 Å². The molecule has 0 saturated carbocycles. The summed E-state index contributed by atoms with van der Waals surface area (Å²) in [5, 5.41) is 5.78. The molecule has 1 fully saturated rings. The highest BCUT2D eigenvalue weighted by Gasteiger charge is 2.28. The van der Waals surface area contributed by atoms with Crippen molar-refractivity contribution < 1.29 is 9.53 Å². The summed E-state index contributed by atoms with van der Waals surface area (Å²) < 4.78 is 5.37. The number of carbonyl (C=O) groups is 1. The third-order valence-electron chi connectivity index (χ3n) is 3.61. The molecule has 0 aliphatic carbocycles. The highest BCUT2D eigenvalue weighted by Crippen LogP contribution is 2.18. The molecule has 0 radical (unpaired) electrons. The van der Waals surface area contributed by atoms with Crippen LogP contribution in [0.4, 0.5) is 16.3 Å². The number of pyridine rings is 1. The summed E-state index contributed by atoms with van der Waals surface area (Å²) in [6.45, 7) is 4.11. The summed E-state index contributed by atoms with van der Waals surface area (Å²) >= 11 is 0. The number of nitrogens with one attached hydrogen (secondary N) is 2. The van der Waals surface area contributed by atoms with Crippen LogP contribution in [0, 0.1) is 0 Å². The van der Waals surface area contributed by atoms with E-state index in [0.717, 1.165) is 30.3 Å². The number of anilines is 2. The molecule has 2 amide bonds. The summed E-state index contributed by atoms with van der Waals surface area (Å²) in [6, 6.07) is 13.1. The Kier molecular flexibility index (Phi) is 4.61. The van der Waals surface area contributed by atoms with E-state index in [0.29, 0.717) is 6.61 Å². The minimum atomic E-state index is -0.195. The largest absolute Gasteiger partial charge is 0.494 e. The van der Waals surface area contributed by atoms with Crippen LogP contribution in [0.1, 0.15) is 6.92 Å². The lowest BCUT2D eigenvalue weighted by atomic mass is 10.1. The third-order valence-corrected chi connectivity index (χ3v) is 3.61. The lowest BCUT2D eigenvalue weighted by Gasteiger charge is -2.40. The van der Waals surface area contributed by atoms with Gasteiger partial charge in [0.25, 0.3) is 0 Å². The second-order valence-corrected chi connectivity index (χ2v) is 5.35. The van der Waals surface area contributed by atoms with Crippen LogP contribution in [0.5, 0.6) is 5.75 Å². The third kappa shape index (κ3) is 3.91. The molecule has 0 unspecified atom stereocenters. The van der Waals surface area contributed by atoms with Gasteiger partial charge >= 0.3 is 6.03 Å². The smallest absolute Gasteiger partial charge is 0.319 e. The lowest BCUT2D eigenvalue weighted by molar-refractivity contribution is 0.245. The Labute approximate surface area is 135 Å². The van der Waals surface area contributed by atoms with Crippen molar-refractivity contribution in [3.05, 3.63) is 48.7 Å². The maximum absolute atomic E-state index is 12.0. The second-order valence-electron chi connectivity index (χ2n) is 5.35. The fraction of sp³-hybridized carbons (Fsp3) is 0.294. The van der Waals surface area contributed by atoms with Gasteiger partial charge in [0.05, 0.1) is 12.6 Å². The van der Waals surface area contributed by atoms with Crippen LogP contribution in [0.15, 0.2) is 48.7 Å². The molecular formula is C17H20N4O2. The van der Waals surface area contributed by atoms with Crippen molar-refractivity contribution in [1.29, 1.82) is 0 Å². The van der Waals surface area contributed by atoms with Gasteiger partial charge in [0.15, 0.2) is 0 Å². The number of hydrogen-bond acceptors (Lipinski definition) is 4. The van der Waals surface area contributed by atoms with Crippen LogP contribution >= 0.6 is 0 Å². The zero-order valence-corrected chi connectivity index (χ0v) is 13.0. The van der Waals surface area contributed by atoms with E-state index >= 15 is 0 Å². The quantitative estimate of drug-likeness (QED) is 0.890. The number of urea groups is 1. The van der Waals surface area contributed by atoms with Gasteiger partial charge in [-0.2, -0.15) is 0 Å². The number of ether oxygens (including phenoxy) is 1. The molecule has 0 atom stereocenters. The van der Waals surface area contributed by atoms with Gasteiger partial charge in [0.2, 0.25) is 0 Å². The molecule has 1 aromatic heterocycles. The number of benzene rings is 1. The van der Waals surface area contributed by atoms with E-state index in [2.05, 4.69) is 20.5 Å². The molecule has 1 saturated heterocycles. The average molecular weight is 312 g/mol. The number of carbonyl (C=O) groups excluding carboxylic acids is 1. The zero-order chi connectivity index (χ0) is 16.1. The standard InChI is InChI=1S/C17H20N4O2/c1-2-23-15-8-6-13(7-9-15)19-17(22)20-14-11-21(12-14)16-5-3-4-10-18-16/h3-10,14H,2,11-12H2,1H3,(H2,19,20,22). The van der Waals surface area contributed by atoms with Gasteiger partial charge in [0.1, 0.15) is 11.6 Å². The van der Waals surface area contributed by atoms with Crippen LogP contribution in [-0.2, 0) is 0 Å². The van der Waals surface area contributed by atoms with Crippen molar-refractivity contribution in [2.75, 3.05) is 29.9 Å². The summed E-state index contributed by atoms with van der Waals surface area (Å²) in [4.78, 5) is 18.4. The van der Waals surface area contributed by atoms with Gasteiger partial charge in [-0.25, -0.2) is 9.78 Å². The highest BCUT2D eigenvalue weighted by atomic mass is 16.5. The number of nitrogens with zero attached hydrogens (tertiary/aromatic N) is 2. The van der Waals surface area contributed by atoms with Gasteiger partial charge in [0, 0.05) is 25.0 Å². The fourth-order valence-electron chi connectivity index (χ4n) is 2.45. The first kappa shape index (κ1) is 15.1. The molecule has 2 heterocycles. The molecule has 0 bridgehead atoms. The molecule has 1 aromatic carbocycles. The van der Waals surface area contributed by atoms with E-state index in [1.165, 1.54) is 0 Å². The van der Waals surface area contributed by atoms with Gasteiger partial charge in [-0.3, -0.25) is 0 Å². The Morgan fingerprint density at radius 2 is 2.04 bits per heavy atom. The fourth-order valence-corrected chi connectivity index (χ4v) is 2.45. The van der Waals surface area contributed by atoms with E-state index in [1.54, 1.807) is 6.20 Å². The predicted molar refractivity (Wildman–Crippen MR) is 90.0 cm³/mol. The topological polar surface area (TPSA) is 66.5 Å². The molecule has 23 heavy (non-hydrogen) atoms. The minimum Gasteiger partial charge on any atom is -0.494 e. The zero-order valence-electron chi connectivity index (χ0n) is 13.0. The normalized spacial score (nSPS) is 14.0. The Morgan fingerprint density at radius 1 is 1.26 bits per heavy atom. The van der Waals surface area contributed by atoms with E-state index in [1.807, 2.05) is 49.4 Å². The number of amides is 2. The number of aromatic nitrogens is 1. The summed E-state index contributed by atoms with van der Waals surface area (Å²) in [6.07, 6.45) is 1.77. The van der Waals surface area contributed by atoms with Crippen molar-refractivity contribution in [1.82, 2.24) is 10.3 Å². The van der Waals surface area contributed by atoms with Crippen molar-refractivity contribution in [3.8, 4) is 5.75 Å². The van der Waals surface area contributed by atoms with E-state index in [4.69, 9.17) is 4.74 Å². The Bertz CT molecular complexity index is 639. The van der Waals surface area contributed by atoms with Crippen molar-refractivity contribution in [2.45, 2.75) is 13.0 Å². The first-order valence-electron chi connectivity index (χ1n) is 7.71. The molecule has 1 aliphatic rings. The molecule has 6 heteroatoms. The molecule has 1 aliphatic heterocycles. The lowest BCUT2D eigenvalue weighted by Crippen LogP contribution is -2.60. The van der Waals surface area contributed by atoms with Crippen molar-refractivity contribution in [2.24, 2.45) is 0 Å². The van der Waals surface area contributed by atoms with Crippen LogP contribution in [0.2, 0.25) is 0 Å². The Morgan fingerprint density at radius 3 is 2.70 bits per heavy atom. The van der Waals surface area contributed by atoms with Crippen molar-refractivity contribution >= 4 is 17.5 Å². The highest BCUT2D eigenvalue weighted by molar-refractivity contribution is 5.89. The molecular weight excluding hydrogens is 292 g/mol.